The van der Waals surface area contributed by atoms with Gasteiger partial charge in [-0.1, -0.05) is 46.9 Å². The number of nitrogens with one attached hydrogen (secondary N) is 1. The lowest BCUT2D eigenvalue weighted by molar-refractivity contribution is -0.274. The Kier molecular flexibility index (Phi) is 6.43. The summed E-state index contributed by atoms with van der Waals surface area (Å²) in [7, 11) is 0. The van der Waals surface area contributed by atoms with E-state index in [1.807, 2.05) is 0 Å². The van der Waals surface area contributed by atoms with E-state index in [1.165, 1.54) is 12.1 Å². The summed E-state index contributed by atoms with van der Waals surface area (Å²) in [5, 5.41) is 4.42. The highest BCUT2D eigenvalue weighted by Gasteiger charge is 2.32. The summed E-state index contributed by atoms with van der Waals surface area (Å²) < 4.78 is 41.2. The van der Waals surface area contributed by atoms with Crippen LogP contribution in [0.15, 0.2) is 36.4 Å². The number of hydrogen-bond acceptors (Lipinski definition) is 3. The Morgan fingerprint density at radius 1 is 0.926 bits per heavy atom. The third-order valence-corrected chi connectivity index (χ3v) is 5.45. The van der Waals surface area contributed by atoms with Gasteiger partial charge in [-0.15, -0.1) is 13.2 Å². The zero-order chi connectivity index (χ0) is 19.6. The van der Waals surface area contributed by atoms with Gasteiger partial charge in [0.05, 0.1) is 16.1 Å². The van der Waals surface area contributed by atoms with E-state index in [-0.39, 0.29) is 11.8 Å². The number of ether oxygens (including phenoxy) is 1. The fourth-order valence-corrected chi connectivity index (χ4v) is 3.89. The molecule has 1 saturated heterocycles. The molecule has 146 valence electrons. The van der Waals surface area contributed by atoms with Crippen LogP contribution in [0.1, 0.15) is 17.2 Å². The molecular formula is C18H16Cl3F3N2O. The van der Waals surface area contributed by atoms with E-state index in [9.17, 15) is 13.2 Å². The largest absolute Gasteiger partial charge is 0.573 e. The van der Waals surface area contributed by atoms with Gasteiger partial charge in [0.1, 0.15) is 5.75 Å². The molecule has 1 atom stereocenters. The molecule has 0 bridgehead atoms. The molecule has 0 spiro atoms. The van der Waals surface area contributed by atoms with Gasteiger partial charge in [0.15, 0.2) is 0 Å². The maximum absolute atomic E-state index is 12.4. The average molecular weight is 440 g/mol. The molecule has 1 heterocycles. The Hall–Kier alpha value is -1.18. The van der Waals surface area contributed by atoms with Crippen molar-refractivity contribution in [2.45, 2.75) is 12.4 Å². The molecule has 27 heavy (non-hydrogen) atoms. The quantitative estimate of drug-likeness (QED) is 0.633. The Morgan fingerprint density at radius 2 is 1.52 bits per heavy atom. The fourth-order valence-electron chi connectivity index (χ4n) is 3.15. The predicted octanol–water partition coefficient (Wildman–Crippen LogP) is 5.54. The molecule has 1 N–H and O–H groups in total. The highest BCUT2D eigenvalue weighted by molar-refractivity contribution is 6.44. The molecule has 0 radical (unpaired) electrons. The van der Waals surface area contributed by atoms with Crippen LogP contribution in [-0.2, 0) is 0 Å². The van der Waals surface area contributed by atoms with Gasteiger partial charge in [0.25, 0.3) is 0 Å². The van der Waals surface area contributed by atoms with Crippen LogP contribution in [-0.4, -0.2) is 37.4 Å². The van der Waals surface area contributed by atoms with E-state index in [1.54, 1.807) is 24.3 Å². The lowest BCUT2D eigenvalue weighted by Crippen LogP contribution is -2.45. The molecule has 0 amide bonds. The Morgan fingerprint density at radius 3 is 2.11 bits per heavy atom. The molecule has 3 rings (SSSR count). The molecule has 3 nitrogen and oxygen atoms in total. The SMILES string of the molecule is FC(F)(F)Oc1ccc([C@H](c2c(Cl)ccc(Cl)c2Cl)N2CCNCC2)cc1. The van der Waals surface area contributed by atoms with E-state index in [0.717, 1.165) is 31.7 Å². The van der Waals surface area contributed by atoms with Gasteiger partial charge in [0.2, 0.25) is 0 Å². The van der Waals surface area contributed by atoms with Gasteiger partial charge in [-0.05, 0) is 29.8 Å². The van der Waals surface area contributed by atoms with E-state index in [4.69, 9.17) is 34.8 Å². The molecule has 2 aromatic rings. The summed E-state index contributed by atoms with van der Waals surface area (Å²) in [6.45, 7) is 3.01. The zero-order valence-electron chi connectivity index (χ0n) is 14.0. The van der Waals surface area contributed by atoms with Crippen LogP contribution in [0.5, 0.6) is 5.75 Å². The highest BCUT2D eigenvalue weighted by Crippen LogP contribution is 2.41. The maximum atomic E-state index is 12.4. The minimum atomic E-state index is -4.74. The third kappa shape index (κ3) is 5.00. The summed E-state index contributed by atoms with van der Waals surface area (Å²) in [5.41, 5.74) is 1.38. The zero-order valence-corrected chi connectivity index (χ0v) is 16.3. The second-order valence-electron chi connectivity index (χ2n) is 6.06. The van der Waals surface area contributed by atoms with E-state index >= 15 is 0 Å². The molecule has 1 aliphatic rings. The van der Waals surface area contributed by atoms with E-state index < -0.39 is 6.36 Å². The third-order valence-electron chi connectivity index (χ3n) is 4.30. The van der Waals surface area contributed by atoms with Crippen LogP contribution in [0, 0.1) is 0 Å². The molecular weight excluding hydrogens is 424 g/mol. The topological polar surface area (TPSA) is 24.5 Å². The van der Waals surface area contributed by atoms with Crippen LogP contribution in [0.2, 0.25) is 15.1 Å². The standard InChI is InChI=1S/C18H16Cl3F3N2O/c19-13-5-6-14(20)16(21)15(13)17(26-9-7-25-8-10-26)11-1-3-12(4-2-11)27-18(22,23)24/h1-6,17,25H,7-10H2/t17-/m1/s1. The van der Waals surface area contributed by atoms with Gasteiger partial charge in [0, 0.05) is 36.8 Å². The first-order chi connectivity index (χ1) is 12.8. The van der Waals surface area contributed by atoms with Crippen LogP contribution >= 0.6 is 34.8 Å². The van der Waals surface area contributed by atoms with Crippen LogP contribution in [0.3, 0.4) is 0 Å². The average Bonchev–Trinajstić information content (AvgIpc) is 2.62. The highest BCUT2D eigenvalue weighted by atomic mass is 35.5. The number of nitrogens with zero attached hydrogens (tertiary/aromatic N) is 1. The van der Waals surface area contributed by atoms with E-state index in [0.29, 0.717) is 20.6 Å². The predicted molar refractivity (Wildman–Crippen MR) is 101 cm³/mol. The second kappa shape index (κ2) is 8.45. The first-order valence-electron chi connectivity index (χ1n) is 8.20. The van der Waals surface area contributed by atoms with Crippen molar-refractivity contribution in [1.29, 1.82) is 0 Å². The van der Waals surface area contributed by atoms with Crippen molar-refractivity contribution in [1.82, 2.24) is 10.2 Å². The molecule has 9 heteroatoms. The van der Waals surface area contributed by atoms with Crippen molar-refractivity contribution in [2.24, 2.45) is 0 Å². The molecule has 0 unspecified atom stereocenters. The minimum Gasteiger partial charge on any atom is -0.406 e. The van der Waals surface area contributed by atoms with Crippen LogP contribution in [0.4, 0.5) is 13.2 Å². The first kappa shape index (κ1) is 20.6. The second-order valence-corrected chi connectivity index (χ2v) is 7.25. The van der Waals surface area contributed by atoms with Crippen molar-refractivity contribution >= 4 is 34.8 Å². The Labute approximate surface area is 170 Å². The number of hydrogen-bond donors (Lipinski definition) is 1. The Bertz CT molecular complexity index is 794. The summed E-state index contributed by atoms with van der Waals surface area (Å²) in [6, 6.07) is 8.68. The van der Waals surface area contributed by atoms with Gasteiger partial charge in [-0.25, -0.2) is 0 Å². The lowest BCUT2D eigenvalue weighted by Gasteiger charge is -2.36. The molecule has 0 saturated carbocycles. The van der Waals surface area contributed by atoms with Crippen molar-refractivity contribution in [3.8, 4) is 5.75 Å². The lowest BCUT2D eigenvalue weighted by atomic mass is 9.96. The summed E-state index contributed by atoms with van der Waals surface area (Å²) >= 11 is 19.1. The van der Waals surface area contributed by atoms with Crippen molar-refractivity contribution in [2.75, 3.05) is 26.2 Å². The number of benzene rings is 2. The summed E-state index contributed by atoms with van der Waals surface area (Å²) in [5.74, 6) is -0.284. The van der Waals surface area contributed by atoms with Crippen LogP contribution in [0.25, 0.3) is 0 Å². The minimum absolute atomic E-state index is 0.284. The van der Waals surface area contributed by atoms with Crippen molar-refractivity contribution in [3.63, 3.8) is 0 Å². The molecule has 2 aromatic carbocycles. The molecule has 1 aliphatic heterocycles. The van der Waals surface area contributed by atoms with Crippen LogP contribution < -0.4 is 10.1 Å². The van der Waals surface area contributed by atoms with Crippen molar-refractivity contribution in [3.05, 3.63) is 62.6 Å². The summed E-state index contributed by atoms with van der Waals surface area (Å²) in [4.78, 5) is 2.17. The number of alkyl halides is 3. The smallest absolute Gasteiger partial charge is 0.406 e. The summed E-state index contributed by atoms with van der Waals surface area (Å²) in [6.07, 6.45) is -4.74. The maximum Gasteiger partial charge on any atom is 0.573 e. The van der Waals surface area contributed by atoms with Crippen molar-refractivity contribution < 1.29 is 17.9 Å². The molecule has 0 aromatic heterocycles. The van der Waals surface area contributed by atoms with Gasteiger partial charge >= 0.3 is 6.36 Å². The van der Waals surface area contributed by atoms with E-state index in [2.05, 4.69) is 15.0 Å². The van der Waals surface area contributed by atoms with Gasteiger partial charge in [-0.3, -0.25) is 4.90 Å². The number of piperazine rings is 1. The first-order valence-corrected chi connectivity index (χ1v) is 9.33. The Balaban J connectivity index is 2.02. The fraction of sp³-hybridized carbons (Fsp3) is 0.333. The molecule has 0 aliphatic carbocycles. The van der Waals surface area contributed by atoms with Gasteiger partial charge < -0.3 is 10.1 Å². The monoisotopic (exact) mass is 438 g/mol. The molecule has 1 fully saturated rings. The van der Waals surface area contributed by atoms with Gasteiger partial charge in [-0.2, -0.15) is 0 Å². The number of rotatable bonds is 4. The normalized spacial score (nSPS) is 17.0. The number of halogens is 6.